The molecule has 0 N–H and O–H groups in total. The van der Waals surface area contributed by atoms with E-state index < -0.39 is 0 Å². The first kappa shape index (κ1) is 20.6. The van der Waals surface area contributed by atoms with Crippen molar-refractivity contribution in [1.29, 1.82) is 0 Å². The van der Waals surface area contributed by atoms with Gasteiger partial charge in [-0.3, -0.25) is 4.90 Å². The van der Waals surface area contributed by atoms with Gasteiger partial charge in [0, 0.05) is 13.1 Å². The van der Waals surface area contributed by atoms with Crippen LogP contribution < -0.4 is 0 Å². The molecule has 0 amide bonds. The van der Waals surface area contributed by atoms with Crippen molar-refractivity contribution in [3.8, 4) is 0 Å². The SMILES string of the molecule is O=CC(CCC1CCCc2ccccc21)N(Cc1ccccc1)Cc1ccccc1. The van der Waals surface area contributed by atoms with Crippen LogP contribution in [0.1, 0.15) is 53.9 Å². The lowest BCUT2D eigenvalue weighted by Gasteiger charge is -2.31. The predicted octanol–water partition coefficient (Wildman–Crippen LogP) is 6.16. The van der Waals surface area contributed by atoms with Crippen LogP contribution in [-0.4, -0.2) is 17.2 Å². The van der Waals surface area contributed by atoms with Gasteiger partial charge in [0.1, 0.15) is 6.29 Å². The van der Waals surface area contributed by atoms with Crippen LogP contribution >= 0.6 is 0 Å². The molecular weight excluding hydrogens is 366 g/mol. The highest BCUT2D eigenvalue weighted by Gasteiger charge is 2.24. The number of hydrogen-bond donors (Lipinski definition) is 0. The average molecular weight is 398 g/mol. The molecule has 0 bridgehead atoms. The van der Waals surface area contributed by atoms with E-state index in [9.17, 15) is 4.79 Å². The van der Waals surface area contributed by atoms with Gasteiger partial charge in [-0.25, -0.2) is 0 Å². The summed E-state index contributed by atoms with van der Waals surface area (Å²) in [6.45, 7) is 1.58. The fraction of sp³-hybridized carbons (Fsp3) is 0.321. The largest absolute Gasteiger partial charge is 0.302 e. The molecule has 0 spiro atoms. The standard InChI is InChI=1S/C28H31NO/c30-22-27(19-18-26-16-9-15-25-14-7-8-17-28(25)26)29(20-23-10-3-1-4-11-23)21-24-12-5-2-6-13-24/h1-8,10-14,17,22,26-27H,9,15-16,18-21H2. The summed E-state index contributed by atoms with van der Waals surface area (Å²) in [6, 6.07) is 29.8. The lowest BCUT2D eigenvalue weighted by Crippen LogP contribution is -2.36. The van der Waals surface area contributed by atoms with Crippen molar-refractivity contribution in [2.24, 2.45) is 0 Å². The van der Waals surface area contributed by atoms with Crippen molar-refractivity contribution in [3.63, 3.8) is 0 Å². The molecule has 0 radical (unpaired) electrons. The summed E-state index contributed by atoms with van der Waals surface area (Å²) >= 11 is 0. The number of benzene rings is 3. The van der Waals surface area contributed by atoms with Crippen LogP contribution in [0.5, 0.6) is 0 Å². The molecule has 0 aliphatic heterocycles. The summed E-state index contributed by atoms with van der Waals surface area (Å²) in [7, 11) is 0. The highest BCUT2D eigenvalue weighted by atomic mass is 16.1. The summed E-state index contributed by atoms with van der Waals surface area (Å²) in [6.07, 6.45) is 6.83. The molecule has 30 heavy (non-hydrogen) atoms. The molecule has 2 unspecified atom stereocenters. The van der Waals surface area contributed by atoms with Gasteiger partial charge in [0.05, 0.1) is 6.04 Å². The van der Waals surface area contributed by atoms with Crippen LogP contribution in [0.15, 0.2) is 84.9 Å². The van der Waals surface area contributed by atoms with Crippen molar-refractivity contribution in [3.05, 3.63) is 107 Å². The van der Waals surface area contributed by atoms with Crippen molar-refractivity contribution in [2.45, 2.75) is 57.2 Å². The maximum absolute atomic E-state index is 12.2. The zero-order valence-corrected chi connectivity index (χ0v) is 17.6. The second kappa shape index (κ2) is 10.4. The Morgan fingerprint density at radius 3 is 2.07 bits per heavy atom. The lowest BCUT2D eigenvalue weighted by molar-refractivity contribution is -0.113. The molecule has 0 fully saturated rings. The van der Waals surface area contributed by atoms with Crippen LogP contribution in [0.25, 0.3) is 0 Å². The molecule has 2 atom stereocenters. The molecule has 2 nitrogen and oxygen atoms in total. The minimum Gasteiger partial charge on any atom is -0.302 e. The Hall–Kier alpha value is -2.71. The van der Waals surface area contributed by atoms with E-state index in [0.717, 1.165) is 25.9 Å². The molecule has 3 aromatic carbocycles. The highest BCUT2D eigenvalue weighted by molar-refractivity contribution is 5.57. The summed E-state index contributed by atoms with van der Waals surface area (Å²) in [5.74, 6) is 0.577. The Bertz CT molecular complexity index is 880. The van der Waals surface area contributed by atoms with E-state index in [2.05, 4.69) is 77.7 Å². The molecule has 4 rings (SSSR count). The van der Waals surface area contributed by atoms with Gasteiger partial charge < -0.3 is 4.79 Å². The van der Waals surface area contributed by atoms with E-state index in [1.54, 1.807) is 0 Å². The lowest BCUT2D eigenvalue weighted by atomic mass is 9.80. The van der Waals surface area contributed by atoms with Crippen molar-refractivity contribution >= 4 is 6.29 Å². The molecule has 0 saturated carbocycles. The molecule has 1 aliphatic rings. The molecule has 0 saturated heterocycles. The molecule has 0 aromatic heterocycles. The smallest absolute Gasteiger partial charge is 0.137 e. The van der Waals surface area contributed by atoms with Gasteiger partial charge in [0.2, 0.25) is 0 Å². The van der Waals surface area contributed by atoms with E-state index in [0.29, 0.717) is 5.92 Å². The summed E-state index contributed by atoms with van der Waals surface area (Å²) < 4.78 is 0. The van der Waals surface area contributed by atoms with Crippen LogP contribution in [0.4, 0.5) is 0 Å². The molecule has 2 heteroatoms. The van der Waals surface area contributed by atoms with Crippen LogP contribution in [0, 0.1) is 0 Å². The Labute approximate surface area is 180 Å². The second-order valence-corrected chi connectivity index (χ2v) is 8.44. The number of aryl methyl sites for hydroxylation is 1. The first-order valence-corrected chi connectivity index (χ1v) is 11.2. The topological polar surface area (TPSA) is 20.3 Å². The van der Waals surface area contributed by atoms with Crippen molar-refractivity contribution in [1.82, 2.24) is 4.90 Å². The van der Waals surface area contributed by atoms with Crippen molar-refractivity contribution < 1.29 is 4.79 Å². The second-order valence-electron chi connectivity index (χ2n) is 8.44. The first-order valence-electron chi connectivity index (χ1n) is 11.2. The number of carbonyl (C=O) groups excluding carboxylic acids is 1. The number of hydrogen-bond acceptors (Lipinski definition) is 2. The minimum absolute atomic E-state index is 0.0699. The number of fused-ring (bicyclic) bond motifs is 1. The van der Waals surface area contributed by atoms with Crippen LogP contribution in [0.2, 0.25) is 0 Å². The first-order chi connectivity index (χ1) is 14.8. The average Bonchev–Trinajstić information content (AvgIpc) is 2.81. The normalized spacial score (nSPS) is 16.8. The van der Waals surface area contributed by atoms with Gasteiger partial charge in [-0.2, -0.15) is 0 Å². The maximum Gasteiger partial charge on any atom is 0.137 e. The number of aldehydes is 1. The number of carbonyl (C=O) groups is 1. The Kier molecular flexibility index (Phi) is 7.10. The van der Waals surface area contributed by atoms with Gasteiger partial charge in [-0.05, 0) is 60.3 Å². The van der Waals surface area contributed by atoms with Gasteiger partial charge >= 0.3 is 0 Å². The zero-order chi connectivity index (χ0) is 20.6. The van der Waals surface area contributed by atoms with Gasteiger partial charge in [-0.1, -0.05) is 84.9 Å². The maximum atomic E-state index is 12.2. The quantitative estimate of drug-likeness (QED) is 0.403. The summed E-state index contributed by atoms with van der Waals surface area (Å²) in [4.78, 5) is 14.5. The molecule has 1 aliphatic carbocycles. The molecule has 154 valence electrons. The third-order valence-corrected chi connectivity index (χ3v) is 6.39. The van der Waals surface area contributed by atoms with Crippen LogP contribution in [-0.2, 0) is 24.3 Å². The van der Waals surface area contributed by atoms with Crippen LogP contribution in [0.3, 0.4) is 0 Å². The molecule has 0 heterocycles. The van der Waals surface area contributed by atoms with E-state index in [1.807, 2.05) is 12.1 Å². The van der Waals surface area contributed by atoms with Gasteiger partial charge in [-0.15, -0.1) is 0 Å². The van der Waals surface area contributed by atoms with Gasteiger partial charge in [0.15, 0.2) is 0 Å². The molecule has 3 aromatic rings. The van der Waals surface area contributed by atoms with Gasteiger partial charge in [0.25, 0.3) is 0 Å². The predicted molar refractivity (Wildman–Crippen MR) is 123 cm³/mol. The Balaban J connectivity index is 1.49. The fourth-order valence-corrected chi connectivity index (χ4v) is 4.79. The third-order valence-electron chi connectivity index (χ3n) is 6.39. The highest BCUT2D eigenvalue weighted by Crippen LogP contribution is 2.35. The summed E-state index contributed by atoms with van der Waals surface area (Å²) in [5, 5.41) is 0. The van der Waals surface area contributed by atoms with E-state index in [-0.39, 0.29) is 6.04 Å². The van der Waals surface area contributed by atoms with Crippen molar-refractivity contribution in [2.75, 3.05) is 0 Å². The monoisotopic (exact) mass is 397 g/mol. The van der Waals surface area contributed by atoms with E-state index in [4.69, 9.17) is 0 Å². The molecular formula is C28H31NO. The van der Waals surface area contributed by atoms with E-state index in [1.165, 1.54) is 47.8 Å². The Morgan fingerprint density at radius 1 is 0.833 bits per heavy atom. The fourth-order valence-electron chi connectivity index (χ4n) is 4.79. The third kappa shape index (κ3) is 5.25. The minimum atomic E-state index is -0.0699. The van der Waals surface area contributed by atoms with E-state index >= 15 is 0 Å². The Morgan fingerprint density at radius 2 is 1.43 bits per heavy atom. The zero-order valence-electron chi connectivity index (χ0n) is 17.6. The number of rotatable bonds is 9. The number of nitrogens with zero attached hydrogens (tertiary/aromatic N) is 1. The summed E-state index contributed by atoms with van der Waals surface area (Å²) in [5.41, 5.74) is 5.51.